The third-order valence-corrected chi connectivity index (χ3v) is 4.54. The minimum Gasteiger partial charge on any atom is -0.455 e. The lowest BCUT2D eigenvalue weighted by Gasteiger charge is -2.12. The van der Waals surface area contributed by atoms with Crippen LogP contribution in [0, 0.1) is 12.7 Å². The number of hydrogen-bond donors (Lipinski definition) is 1. The van der Waals surface area contributed by atoms with Crippen molar-refractivity contribution in [1.82, 2.24) is 5.32 Å². The van der Waals surface area contributed by atoms with E-state index in [4.69, 9.17) is 4.42 Å². The van der Waals surface area contributed by atoms with E-state index in [2.05, 4.69) is 31.0 Å². The highest BCUT2D eigenvalue weighted by Crippen LogP contribution is 2.29. The lowest BCUT2D eigenvalue weighted by atomic mass is 10.1. The van der Waals surface area contributed by atoms with E-state index in [1.54, 1.807) is 13.0 Å². The molecule has 3 heteroatoms. The Kier molecular flexibility index (Phi) is 5.08. The zero-order chi connectivity index (χ0) is 18.7. The van der Waals surface area contributed by atoms with Gasteiger partial charge in [0.15, 0.2) is 0 Å². The summed E-state index contributed by atoms with van der Waals surface area (Å²) in [6.45, 7) is 9.89. The van der Waals surface area contributed by atoms with Crippen molar-refractivity contribution in [1.29, 1.82) is 0 Å². The van der Waals surface area contributed by atoms with Crippen LogP contribution >= 0.6 is 0 Å². The maximum atomic E-state index is 13.8. The van der Waals surface area contributed by atoms with Crippen LogP contribution in [0.4, 0.5) is 4.39 Å². The average Bonchev–Trinajstić information content (AvgIpc) is 3.14. The van der Waals surface area contributed by atoms with Crippen molar-refractivity contribution in [3.8, 4) is 11.3 Å². The van der Waals surface area contributed by atoms with Gasteiger partial charge in [0.25, 0.3) is 0 Å². The van der Waals surface area contributed by atoms with Crippen LogP contribution in [0.5, 0.6) is 0 Å². The first-order valence-electron chi connectivity index (χ1n) is 8.52. The summed E-state index contributed by atoms with van der Waals surface area (Å²) < 4.78 is 19.7. The van der Waals surface area contributed by atoms with Crippen LogP contribution in [0.15, 0.2) is 77.4 Å². The summed E-state index contributed by atoms with van der Waals surface area (Å²) in [5.41, 5.74) is 5.28. The zero-order valence-corrected chi connectivity index (χ0v) is 15.3. The topological polar surface area (TPSA) is 25.2 Å². The normalized spacial score (nSPS) is 11.8. The lowest BCUT2D eigenvalue weighted by molar-refractivity contribution is 0.561. The molecule has 0 radical (unpaired) electrons. The van der Waals surface area contributed by atoms with Gasteiger partial charge in [0.2, 0.25) is 0 Å². The molecule has 0 aliphatic heterocycles. The van der Waals surface area contributed by atoms with E-state index in [1.807, 2.05) is 43.3 Å². The van der Waals surface area contributed by atoms with Crippen molar-refractivity contribution >= 4 is 11.3 Å². The van der Waals surface area contributed by atoms with E-state index in [9.17, 15) is 4.39 Å². The number of nitrogens with one attached hydrogen (secondary N) is 1. The highest BCUT2D eigenvalue weighted by molar-refractivity contribution is 5.71. The van der Waals surface area contributed by atoms with Crippen molar-refractivity contribution in [3.05, 3.63) is 95.6 Å². The van der Waals surface area contributed by atoms with Crippen molar-refractivity contribution in [2.45, 2.75) is 20.8 Å². The second-order valence-corrected chi connectivity index (χ2v) is 6.30. The molecule has 3 rings (SSSR count). The molecule has 0 aliphatic rings. The fraction of sp³-hybridized carbons (Fsp3) is 0.130. The van der Waals surface area contributed by atoms with Gasteiger partial charge in [-0.3, -0.25) is 0 Å². The van der Waals surface area contributed by atoms with Gasteiger partial charge in [0.05, 0.1) is 5.70 Å². The average molecular weight is 347 g/mol. The molecule has 0 amide bonds. The summed E-state index contributed by atoms with van der Waals surface area (Å²) in [5.74, 6) is 1.01. The Balaban J connectivity index is 1.81. The lowest BCUT2D eigenvalue weighted by Crippen LogP contribution is -2.09. The van der Waals surface area contributed by atoms with E-state index in [0.717, 1.165) is 22.4 Å². The minimum absolute atomic E-state index is 0.241. The van der Waals surface area contributed by atoms with E-state index in [0.29, 0.717) is 22.8 Å². The Morgan fingerprint density at radius 2 is 1.69 bits per heavy atom. The molecule has 26 heavy (non-hydrogen) atoms. The quantitative estimate of drug-likeness (QED) is 0.577. The number of allylic oxidation sites excluding steroid dienone is 2. The fourth-order valence-corrected chi connectivity index (χ4v) is 2.81. The maximum Gasteiger partial charge on any atom is 0.150 e. The number of rotatable bonds is 5. The molecule has 1 aromatic heterocycles. The predicted molar refractivity (Wildman–Crippen MR) is 106 cm³/mol. The molecule has 1 heterocycles. The van der Waals surface area contributed by atoms with Crippen molar-refractivity contribution in [2.75, 3.05) is 0 Å². The third-order valence-electron chi connectivity index (χ3n) is 4.54. The van der Waals surface area contributed by atoms with Gasteiger partial charge in [-0.25, -0.2) is 4.39 Å². The van der Waals surface area contributed by atoms with Gasteiger partial charge in [-0.1, -0.05) is 49.0 Å². The highest BCUT2D eigenvalue weighted by atomic mass is 19.1. The maximum absolute atomic E-state index is 13.8. The summed E-state index contributed by atoms with van der Waals surface area (Å²) in [7, 11) is 0. The Hall–Kier alpha value is -3.07. The standard InChI is InChI=1S/C23H22FNO/c1-15(19-9-6-5-7-10-19)17(3)25-18(4)22-13-14-23(26-22)20-11-8-12-21(24)16(20)2/h5-14,25H,4H2,1-3H3/b17-15+. The summed E-state index contributed by atoms with van der Waals surface area (Å²) in [4.78, 5) is 0. The van der Waals surface area contributed by atoms with E-state index < -0.39 is 0 Å². The van der Waals surface area contributed by atoms with Gasteiger partial charge in [-0.15, -0.1) is 0 Å². The molecule has 0 fully saturated rings. The molecule has 0 atom stereocenters. The highest BCUT2D eigenvalue weighted by Gasteiger charge is 2.12. The number of furan rings is 1. The molecule has 1 N–H and O–H groups in total. The third kappa shape index (κ3) is 3.62. The molecule has 132 valence electrons. The van der Waals surface area contributed by atoms with Crippen LogP contribution in [-0.4, -0.2) is 0 Å². The van der Waals surface area contributed by atoms with Crippen molar-refractivity contribution in [3.63, 3.8) is 0 Å². The number of halogens is 1. The van der Waals surface area contributed by atoms with Crippen molar-refractivity contribution in [2.24, 2.45) is 0 Å². The molecule has 0 bridgehead atoms. The number of hydrogen-bond acceptors (Lipinski definition) is 2. The van der Waals surface area contributed by atoms with Gasteiger partial charge in [-0.2, -0.15) is 0 Å². The van der Waals surface area contributed by atoms with Gasteiger partial charge in [-0.05, 0) is 55.7 Å². The molecule has 0 unspecified atom stereocenters. The van der Waals surface area contributed by atoms with Crippen LogP contribution < -0.4 is 5.32 Å². The molecular weight excluding hydrogens is 325 g/mol. The fourth-order valence-electron chi connectivity index (χ4n) is 2.81. The smallest absolute Gasteiger partial charge is 0.150 e. The Labute approximate surface area is 153 Å². The monoisotopic (exact) mass is 347 g/mol. The molecule has 0 aliphatic carbocycles. The van der Waals surface area contributed by atoms with Gasteiger partial charge < -0.3 is 9.73 Å². The van der Waals surface area contributed by atoms with Gasteiger partial charge >= 0.3 is 0 Å². The summed E-state index contributed by atoms with van der Waals surface area (Å²) >= 11 is 0. The van der Waals surface area contributed by atoms with Gasteiger partial charge in [0.1, 0.15) is 17.3 Å². The number of benzene rings is 2. The van der Waals surface area contributed by atoms with Gasteiger partial charge in [0, 0.05) is 11.3 Å². The second kappa shape index (κ2) is 7.44. The van der Waals surface area contributed by atoms with E-state index in [1.165, 1.54) is 6.07 Å². The SMILES string of the molecule is C=C(N/C(C)=C(\C)c1ccccc1)c1ccc(-c2cccc(F)c2C)o1. The van der Waals surface area contributed by atoms with Crippen LogP contribution in [0.25, 0.3) is 22.6 Å². The second-order valence-electron chi connectivity index (χ2n) is 6.30. The Bertz CT molecular complexity index is 967. The van der Waals surface area contributed by atoms with Crippen LogP contribution in [-0.2, 0) is 0 Å². The van der Waals surface area contributed by atoms with E-state index in [-0.39, 0.29) is 5.82 Å². The Morgan fingerprint density at radius 1 is 0.962 bits per heavy atom. The summed E-state index contributed by atoms with van der Waals surface area (Å²) in [5, 5.41) is 3.30. The molecule has 0 saturated carbocycles. The molecule has 3 aromatic rings. The molecule has 2 nitrogen and oxygen atoms in total. The summed E-state index contributed by atoms with van der Waals surface area (Å²) in [6.07, 6.45) is 0. The largest absolute Gasteiger partial charge is 0.455 e. The van der Waals surface area contributed by atoms with Crippen LogP contribution in [0.2, 0.25) is 0 Å². The van der Waals surface area contributed by atoms with E-state index >= 15 is 0 Å². The first-order valence-corrected chi connectivity index (χ1v) is 8.52. The van der Waals surface area contributed by atoms with Crippen LogP contribution in [0.1, 0.15) is 30.7 Å². The summed E-state index contributed by atoms with van der Waals surface area (Å²) in [6, 6.07) is 18.8. The van der Waals surface area contributed by atoms with Crippen LogP contribution in [0.3, 0.4) is 0 Å². The molecule has 0 spiro atoms. The molecule has 2 aromatic carbocycles. The molecular formula is C23H22FNO. The first kappa shape index (κ1) is 17.7. The Morgan fingerprint density at radius 3 is 2.42 bits per heavy atom. The zero-order valence-electron chi connectivity index (χ0n) is 15.3. The minimum atomic E-state index is -0.241. The first-order chi connectivity index (χ1) is 12.5. The molecule has 0 saturated heterocycles. The van der Waals surface area contributed by atoms with Crippen molar-refractivity contribution < 1.29 is 8.81 Å². The predicted octanol–water partition coefficient (Wildman–Crippen LogP) is 6.41.